The number of carboxylic acid groups (broad SMARTS) is 1. The van der Waals surface area contributed by atoms with E-state index in [0.29, 0.717) is 15.7 Å². The van der Waals surface area contributed by atoms with Gasteiger partial charge in [0.2, 0.25) is 0 Å². The number of carbonyl (C=O) groups is 2. The Hall–Kier alpha value is -2.05. The summed E-state index contributed by atoms with van der Waals surface area (Å²) in [6, 6.07) is 6.31. The number of benzene rings is 1. The fraction of sp³-hybridized carbons (Fsp3) is 0.294. The number of aryl methyl sites for hydroxylation is 1. The summed E-state index contributed by atoms with van der Waals surface area (Å²) < 4.78 is 0. The first-order chi connectivity index (χ1) is 11.5. The molecule has 0 spiro atoms. The van der Waals surface area contributed by atoms with Crippen molar-refractivity contribution in [2.24, 2.45) is 0 Å². The van der Waals surface area contributed by atoms with Crippen LogP contribution in [0.15, 0.2) is 24.3 Å². The number of fused-ring (bicyclic) bond motifs is 1. The van der Waals surface area contributed by atoms with Crippen molar-refractivity contribution in [3.63, 3.8) is 0 Å². The number of thiophene rings is 1. The molecular formula is C17H17ClN2O3S. The molecule has 1 heterocycles. The number of rotatable bonds is 3. The van der Waals surface area contributed by atoms with Crippen LogP contribution in [-0.2, 0) is 12.8 Å². The van der Waals surface area contributed by atoms with Crippen LogP contribution in [0.2, 0.25) is 5.02 Å². The average molecular weight is 365 g/mol. The number of anilines is 2. The van der Waals surface area contributed by atoms with Crippen LogP contribution in [0.5, 0.6) is 0 Å². The summed E-state index contributed by atoms with van der Waals surface area (Å²) in [6.45, 7) is 0. The van der Waals surface area contributed by atoms with E-state index in [0.717, 1.165) is 42.5 Å². The normalized spacial score (nSPS) is 13.7. The maximum absolute atomic E-state index is 12.2. The molecule has 0 bridgehead atoms. The van der Waals surface area contributed by atoms with Crippen molar-refractivity contribution >= 4 is 45.6 Å². The zero-order chi connectivity index (χ0) is 17.1. The van der Waals surface area contributed by atoms with Gasteiger partial charge >= 0.3 is 12.0 Å². The first kappa shape index (κ1) is 16.8. The second-order valence-corrected chi connectivity index (χ2v) is 7.20. The fourth-order valence-electron chi connectivity index (χ4n) is 2.89. The highest BCUT2D eigenvalue weighted by molar-refractivity contribution is 7.17. The number of amides is 2. The van der Waals surface area contributed by atoms with Crippen molar-refractivity contribution in [3.8, 4) is 0 Å². The quantitative estimate of drug-likeness (QED) is 0.669. The van der Waals surface area contributed by atoms with Crippen LogP contribution in [-0.4, -0.2) is 17.1 Å². The lowest BCUT2D eigenvalue weighted by Gasteiger charge is -2.08. The Bertz CT molecular complexity index is 788. The summed E-state index contributed by atoms with van der Waals surface area (Å²) >= 11 is 7.26. The average Bonchev–Trinajstić information content (AvgIpc) is 2.69. The van der Waals surface area contributed by atoms with Crippen molar-refractivity contribution < 1.29 is 14.7 Å². The third-order valence-corrected chi connectivity index (χ3v) is 5.39. The van der Waals surface area contributed by atoms with Crippen molar-refractivity contribution in [2.75, 3.05) is 10.6 Å². The number of aromatic carboxylic acids is 1. The SMILES string of the molecule is O=C(Nc1cccc(Cl)c1)Nc1sc2c(c1C(=O)O)CCCCC2. The minimum Gasteiger partial charge on any atom is -0.478 e. The van der Waals surface area contributed by atoms with Crippen LogP contribution < -0.4 is 10.6 Å². The van der Waals surface area contributed by atoms with E-state index in [1.54, 1.807) is 24.3 Å². The van der Waals surface area contributed by atoms with E-state index in [1.165, 1.54) is 11.3 Å². The van der Waals surface area contributed by atoms with E-state index in [9.17, 15) is 14.7 Å². The predicted octanol–water partition coefficient (Wildman–Crippen LogP) is 5.01. The van der Waals surface area contributed by atoms with Gasteiger partial charge < -0.3 is 10.4 Å². The number of carboxylic acids is 1. The smallest absolute Gasteiger partial charge is 0.339 e. The van der Waals surface area contributed by atoms with Crippen LogP contribution in [0, 0.1) is 0 Å². The first-order valence-corrected chi connectivity index (χ1v) is 8.95. The van der Waals surface area contributed by atoms with E-state index in [-0.39, 0.29) is 5.56 Å². The third kappa shape index (κ3) is 3.71. The first-order valence-electron chi connectivity index (χ1n) is 7.76. The van der Waals surface area contributed by atoms with Gasteiger partial charge in [-0.3, -0.25) is 5.32 Å². The molecule has 1 aromatic carbocycles. The second kappa shape index (κ2) is 7.23. The lowest BCUT2D eigenvalue weighted by Crippen LogP contribution is -2.20. The van der Waals surface area contributed by atoms with Crippen LogP contribution in [0.1, 0.15) is 40.1 Å². The molecule has 1 aromatic heterocycles. The molecule has 0 saturated carbocycles. The zero-order valence-electron chi connectivity index (χ0n) is 12.9. The molecule has 126 valence electrons. The summed E-state index contributed by atoms with van der Waals surface area (Å²) in [4.78, 5) is 24.9. The van der Waals surface area contributed by atoms with Crippen LogP contribution in [0.25, 0.3) is 0 Å². The number of hydrogen-bond donors (Lipinski definition) is 3. The van der Waals surface area contributed by atoms with Gasteiger partial charge in [-0.05, 0) is 49.4 Å². The fourth-order valence-corrected chi connectivity index (χ4v) is 4.36. The highest BCUT2D eigenvalue weighted by atomic mass is 35.5. The second-order valence-electron chi connectivity index (χ2n) is 5.66. The largest absolute Gasteiger partial charge is 0.478 e. The van der Waals surface area contributed by atoms with Crippen molar-refractivity contribution in [1.29, 1.82) is 0 Å². The lowest BCUT2D eigenvalue weighted by molar-refractivity contribution is 0.0697. The lowest BCUT2D eigenvalue weighted by atomic mass is 10.1. The molecular weight excluding hydrogens is 348 g/mol. The van der Waals surface area contributed by atoms with E-state index in [2.05, 4.69) is 10.6 Å². The minimum atomic E-state index is -0.993. The van der Waals surface area contributed by atoms with Gasteiger partial charge in [0.1, 0.15) is 5.00 Å². The molecule has 0 fully saturated rings. The standard InChI is InChI=1S/C17H17ClN2O3S/c18-10-5-4-6-11(9-10)19-17(23)20-15-14(16(21)22)12-7-2-1-3-8-13(12)24-15/h4-6,9H,1-3,7-8H2,(H,21,22)(H2,19,20,23). The maximum Gasteiger partial charge on any atom is 0.339 e. The molecule has 5 nitrogen and oxygen atoms in total. The van der Waals surface area contributed by atoms with E-state index in [1.807, 2.05) is 0 Å². The molecule has 3 N–H and O–H groups in total. The van der Waals surface area contributed by atoms with Gasteiger partial charge in [-0.15, -0.1) is 11.3 Å². The van der Waals surface area contributed by atoms with E-state index >= 15 is 0 Å². The summed E-state index contributed by atoms with van der Waals surface area (Å²) in [5.74, 6) is -0.993. The Morgan fingerprint density at radius 1 is 1.12 bits per heavy atom. The number of hydrogen-bond acceptors (Lipinski definition) is 3. The predicted molar refractivity (Wildman–Crippen MR) is 96.6 cm³/mol. The highest BCUT2D eigenvalue weighted by Gasteiger charge is 2.25. The van der Waals surface area contributed by atoms with Gasteiger partial charge in [0, 0.05) is 15.6 Å². The summed E-state index contributed by atoms with van der Waals surface area (Å²) in [5.41, 5.74) is 1.66. The van der Waals surface area contributed by atoms with Crippen LogP contribution in [0.3, 0.4) is 0 Å². The summed E-state index contributed by atoms with van der Waals surface area (Å²) in [5, 5.41) is 15.8. The van der Waals surface area contributed by atoms with Gasteiger partial charge in [-0.1, -0.05) is 24.1 Å². The maximum atomic E-state index is 12.2. The molecule has 0 radical (unpaired) electrons. The molecule has 1 aliphatic rings. The highest BCUT2D eigenvalue weighted by Crippen LogP contribution is 2.37. The molecule has 7 heteroatoms. The molecule has 3 rings (SSSR count). The number of urea groups is 1. The Kier molecular flexibility index (Phi) is 5.06. The summed E-state index contributed by atoms with van der Waals surface area (Å²) in [6.07, 6.45) is 4.78. The molecule has 0 saturated heterocycles. The Morgan fingerprint density at radius 2 is 1.92 bits per heavy atom. The molecule has 24 heavy (non-hydrogen) atoms. The molecule has 2 aromatic rings. The zero-order valence-corrected chi connectivity index (χ0v) is 14.5. The van der Waals surface area contributed by atoms with Crippen molar-refractivity contribution in [3.05, 3.63) is 45.3 Å². The van der Waals surface area contributed by atoms with E-state index < -0.39 is 12.0 Å². The van der Waals surface area contributed by atoms with Gasteiger partial charge in [-0.2, -0.15) is 0 Å². The monoisotopic (exact) mass is 364 g/mol. The van der Waals surface area contributed by atoms with Crippen molar-refractivity contribution in [2.45, 2.75) is 32.1 Å². The number of carbonyl (C=O) groups excluding carboxylic acids is 1. The number of halogens is 1. The summed E-state index contributed by atoms with van der Waals surface area (Å²) in [7, 11) is 0. The Balaban J connectivity index is 1.81. The Labute approximate surface area is 148 Å². The molecule has 0 aliphatic heterocycles. The van der Waals surface area contributed by atoms with Crippen LogP contribution in [0.4, 0.5) is 15.5 Å². The van der Waals surface area contributed by atoms with Gasteiger partial charge in [-0.25, -0.2) is 9.59 Å². The molecule has 1 aliphatic carbocycles. The third-order valence-electron chi connectivity index (χ3n) is 3.94. The Morgan fingerprint density at radius 3 is 2.67 bits per heavy atom. The van der Waals surface area contributed by atoms with Crippen molar-refractivity contribution in [1.82, 2.24) is 0 Å². The van der Waals surface area contributed by atoms with Crippen LogP contribution >= 0.6 is 22.9 Å². The van der Waals surface area contributed by atoms with Gasteiger partial charge in [0.25, 0.3) is 0 Å². The van der Waals surface area contributed by atoms with E-state index in [4.69, 9.17) is 11.6 Å². The van der Waals surface area contributed by atoms with Gasteiger partial charge in [0.05, 0.1) is 5.56 Å². The molecule has 0 unspecified atom stereocenters. The van der Waals surface area contributed by atoms with Gasteiger partial charge in [0.15, 0.2) is 0 Å². The number of nitrogens with one attached hydrogen (secondary N) is 2. The topological polar surface area (TPSA) is 78.4 Å². The molecule has 0 atom stereocenters. The molecule has 2 amide bonds. The minimum absolute atomic E-state index is 0.234.